The monoisotopic (exact) mass is 224 g/mol. The molecule has 1 unspecified atom stereocenters. The normalized spacial score (nSPS) is 19.8. The second-order valence-corrected chi connectivity index (χ2v) is 4.48. The van der Waals surface area contributed by atoms with Crippen LogP contribution in [0.1, 0.15) is 24.4 Å². The van der Waals surface area contributed by atoms with Crippen LogP contribution in [0.4, 0.5) is 0 Å². The summed E-state index contributed by atoms with van der Waals surface area (Å²) in [6, 6.07) is 0. The summed E-state index contributed by atoms with van der Waals surface area (Å²) in [5.74, 6) is 1.54. The van der Waals surface area contributed by atoms with Gasteiger partial charge in [-0.1, -0.05) is 0 Å². The van der Waals surface area contributed by atoms with Crippen molar-refractivity contribution in [1.29, 1.82) is 0 Å². The van der Waals surface area contributed by atoms with Gasteiger partial charge in [0, 0.05) is 39.5 Å². The van der Waals surface area contributed by atoms with Gasteiger partial charge >= 0.3 is 0 Å². The Balaban J connectivity index is 1.95. The molecule has 1 aliphatic rings. The summed E-state index contributed by atoms with van der Waals surface area (Å²) in [5.41, 5.74) is 1.16. The van der Waals surface area contributed by atoms with E-state index in [9.17, 15) is 0 Å². The predicted molar refractivity (Wildman–Crippen MR) is 61.3 cm³/mol. The summed E-state index contributed by atoms with van der Waals surface area (Å²) in [7, 11) is 1.73. The molecule has 0 spiro atoms. The van der Waals surface area contributed by atoms with E-state index in [4.69, 9.17) is 9.84 Å². The van der Waals surface area contributed by atoms with E-state index in [2.05, 4.69) is 15.7 Å². The third-order valence-electron chi connectivity index (χ3n) is 3.20. The van der Waals surface area contributed by atoms with E-state index in [-0.39, 0.29) is 6.61 Å². The second kappa shape index (κ2) is 5.46. The van der Waals surface area contributed by atoms with Crippen LogP contribution in [0.25, 0.3) is 0 Å². The van der Waals surface area contributed by atoms with Crippen LogP contribution < -0.4 is 0 Å². The highest BCUT2D eigenvalue weighted by Gasteiger charge is 2.19. The molecule has 1 N–H and O–H groups in total. The Bertz CT molecular complexity index is 336. The van der Waals surface area contributed by atoms with Gasteiger partial charge in [-0.15, -0.1) is 0 Å². The lowest BCUT2D eigenvalue weighted by Gasteiger charge is -2.20. The lowest BCUT2D eigenvalue weighted by atomic mass is 9.99. The Labute approximate surface area is 96.3 Å². The van der Waals surface area contributed by atoms with Crippen molar-refractivity contribution in [2.45, 2.75) is 32.2 Å². The minimum atomic E-state index is 0.284. The van der Waals surface area contributed by atoms with Gasteiger partial charge in [-0.25, -0.2) is 4.98 Å². The number of ether oxygens (including phenoxy) is 1. The van der Waals surface area contributed by atoms with Gasteiger partial charge in [0.2, 0.25) is 0 Å². The SMILES string of the molecule is COCCCc1cn2c(n1)CC(CO)CC2. The maximum absolute atomic E-state index is 9.14. The lowest BCUT2D eigenvalue weighted by molar-refractivity contribution is 0.195. The van der Waals surface area contributed by atoms with Crippen LogP contribution in [0.15, 0.2) is 6.20 Å². The molecule has 2 rings (SSSR count). The molecule has 0 radical (unpaired) electrons. The summed E-state index contributed by atoms with van der Waals surface area (Å²) in [5, 5.41) is 9.14. The van der Waals surface area contributed by atoms with Gasteiger partial charge in [-0.3, -0.25) is 0 Å². The highest BCUT2D eigenvalue weighted by Crippen LogP contribution is 2.20. The summed E-state index contributed by atoms with van der Waals surface area (Å²) in [4.78, 5) is 4.62. The van der Waals surface area contributed by atoms with Gasteiger partial charge in [0.1, 0.15) is 5.82 Å². The number of fused-ring (bicyclic) bond motifs is 1. The van der Waals surface area contributed by atoms with Crippen LogP contribution in [-0.2, 0) is 24.1 Å². The van der Waals surface area contributed by atoms with Crippen molar-refractivity contribution < 1.29 is 9.84 Å². The van der Waals surface area contributed by atoms with Gasteiger partial charge in [-0.05, 0) is 25.2 Å². The van der Waals surface area contributed by atoms with Crippen LogP contribution in [0.5, 0.6) is 0 Å². The van der Waals surface area contributed by atoms with Crippen molar-refractivity contribution in [3.8, 4) is 0 Å². The van der Waals surface area contributed by atoms with E-state index in [0.29, 0.717) is 5.92 Å². The fourth-order valence-corrected chi connectivity index (χ4v) is 2.23. The molecule has 90 valence electrons. The van der Waals surface area contributed by atoms with Crippen molar-refractivity contribution >= 4 is 0 Å². The van der Waals surface area contributed by atoms with Gasteiger partial charge in [0.15, 0.2) is 0 Å². The van der Waals surface area contributed by atoms with E-state index < -0.39 is 0 Å². The molecule has 1 aromatic rings. The minimum absolute atomic E-state index is 0.284. The first-order valence-corrected chi connectivity index (χ1v) is 5.98. The first-order chi connectivity index (χ1) is 7.83. The highest BCUT2D eigenvalue weighted by molar-refractivity contribution is 5.07. The number of hydrogen-bond donors (Lipinski definition) is 1. The first kappa shape index (κ1) is 11.6. The summed E-state index contributed by atoms with van der Waals surface area (Å²) < 4.78 is 7.26. The van der Waals surface area contributed by atoms with E-state index in [1.165, 1.54) is 0 Å². The van der Waals surface area contributed by atoms with Crippen molar-refractivity contribution in [2.75, 3.05) is 20.3 Å². The van der Waals surface area contributed by atoms with Crippen LogP contribution in [-0.4, -0.2) is 35.0 Å². The first-order valence-electron chi connectivity index (χ1n) is 5.98. The van der Waals surface area contributed by atoms with Gasteiger partial charge in [0.25, 0.3) is 0 Å². The number of nitrogens with zero attached hydrogens (tertiary/aromatic N) is 2. The number of aliphatic hydroxyl groups excluding tert-OH is 1. The van der Waals surface area contributed by atoms with E-state index in [0.717, 1.165) is 50.4 Å². The zero-order valence-electron chi connectivity index (χ0n) is 9.85. The van der Waals surface area contributed by atoms with Gasteiger partial charge in [-0.2, -0.15) is 0 Å². The molecule has 16 heavy (non-hydrogen) atoms. The quantitative estimate of drug-likeness (QED) is 0.759. The van der Waals surface area contributed by atoms with Gasteiger partial charge < -0.3 is 14.4 Å². The van der Waals surface area contributed by atoms with Crippen molar-refractivity contribution in [1.82, 2.24) is 9.55 Å². The molecule has 1 aromatic heterocycles. The van der Waals surface area contributed by atoms with Crippen LogP contribution in [0.2, 0.25) is 0 Å². The molecule has 1 aliphatic heterocycles. The lowest BCUT2D eigenvalue weighted by Crippen LogP contribution is -2.21. The maximum atomic E-state index is 9.14. The van der Waals surface area contributed by atoms with E-state index >= 15 is 0 Å². The highest BCUT2D eigenvalue weighted by atomic mass is 16.5. The molecule has 0 aromatic carbocycles. The molecule has 0 fully saturated rings. The predicted octanol–water partition coefficient (Wildman–Crippen LogP) is 1.02. The molecule has 0 saturated carbocycles. The molecular weight excluding hydrogens is 204 g/mol. The van der Waals surface area contributed by atoms with Crippen LogP contribution in [0, 0.1) is 5.92 Å². The summed E-state index contributed by atoms with van der Waals surface area (Å²) in [6.07, 6.45) is 6.14. The van der Waals surface area contributed by atoms with Gasteiger partial charge in [0.05, 0.1) is 5.69 Å². The molecule has 4 nitrogen and oxygen atoms in total. The number of hydrogen-bond acceptors (Lipinski definition) is 3. The zero-order valence-corrected chi connectivity index (χ0v) is 9.85. The molecule has 0 amide bonds. The fraction of sp³-hybridized carbons (Fsp3) is 0.750. The minimum Gasteiger partial charge on any atom is -0.396 e. The molecule has 1 atom stereocenters. The Hall–Kier alpha value is -0.870. The van der Waals surface area contributed by atoms with E-state index in [1.54, 1.807) is 7.11 Å². The molecule has 4 heteroatoms. The number of methoxy groups -OCH3 is 1. The second-order valence-electron chi connectivity index (χ2n) is 4.48. The molecule has 0 aliphatic carbocycles. The van der Waals surface area contributed by atoms with Crippen molar-refractivity contribution in [3.63, 3.8) is 0 Å². The van der Waals surface area contributed by atoms with E-state index in [1.807, 2.05) is 0 Å². The third kappa shape index (κ3) is 2.62. The number of aromatic nitrogens is 2. The Morgan fingerprint density at radius 3 is 3.25 bits per heavy atom. The average Bonchev–Trinajstić information content (AvgIpc) is 2.70. The molecular formula is C12H20N2O2. The summed E-state index contributed by atoms with van der Waals surface area (Å²) in [6.45, 7) is 2.07. The molecule has 0 saturated heterocycles. The number of imidazole rings is 1. The summed E-state index contributed by atoms with van der Waals surface area (Å²) >= 11 is 0. The smallest absolute Gasteiger partial charge is 0.109 e. The standard InChI is InChI=1S/C12H20N2O2/c1-16-6-2-3-11-8-14-5-4-10(9-15)7-12(14)13-11/h8,10,15H,2-7,9H2,1H3. The number of rotatable bonds is 5. The number of aliphatic hydroxyl groups is 1. The molecule has 0 bridgehead atoms. The van der Waals surface area contributed by atoms with Crippen molar-refractivity contribution in [3.05, 3.63) is 17.7 Å². The Kier molecular flexibility index (Phi) is 3.96. The zero-order chi connectivity index (χ0) is 11.4. The maximum Gasteiger partial charge on any atom is 0.109 e. The topological polar surface area (TPSA) is 47.3 Å². The Morgan fingerprint density at radius 2 is 2.50 bits per heavy atom. The van der Waals surface area contributed by atoms with Crippen LogP contribution >= 0.6 is 0 Å². The Morgan fingerprint density at radius 1 is 1.62 bits per heavy atom. The largest absolute Gasteiger partial charge is 0.396 e. The van der Waals surface area contributed by atoms with Crippen LogP contribution in [0.3, 0.4) is 0 Å². The fourth-order valence-electron chi connectivity index (χ4n) is 2.23. The van der Waals surface area contributed by atoms with Crippen molar-refractivity contribution in [2.24, 2.45) is 5.92 Å². The average molecular weight is 224 g/mol. The number of aryl methyl sites for hydroxylation is 2. The molecule has 2 heterocycles. The third-order valence-corrected chi connectivity index (χ3v) is 3.20.